The van der Waals surface area contributed by atoms with Crippen molar-refractivity contribution in [2.24, 2.45) is 0 Å². The van der Waals surface area contributed by atoms with Gasteiger partial charge in [-0.05, 0) is 69.4 Å². The van der Waals surface area contributed by atoms with Crippen molar-refractivity contribution in [3.8, 4) is 17.1 Å². The Morgan fingerprint density at radius 1 is 0.865 bits per heavy atom. The number of ether oxygens (including phenoxy) is 1. The average molecular weight is 494 g/mol. The van der Waals surface area contributed by atoms with E-state index in [1.807, 2.05) is 80.8 Å². The van der Waals surface area contributed by atoms with Crippen LogP contribution in [0.4, 0.5) is 5.69 Å². The van der Waals surface area contributed by atoms with E-state index in [9.17, 15) is 0 Å². The molecule has 0 bridgehead atoms. The molecule has 0 aliphatic rings. The third-order valence-electron chi connectivity index (χ3n) is 5.90. The van der Waals surface area contributed by atoms with Crippen molar-refractivity contribution in [3.05, 3.63) is 114 Å². The van der Waals surface area contributed by atoms with Crippen molar-refractivity contribution >= 4 is 16.8 Å². The van der Waals surface area contributed by atoms with Crippen LogP contribution in [0.1, 0.15) is 11.1 Å². The summed E-state index contributed by atoms with van der Waals surface area (Å²) in [4.78, 5) is 6.50. The molecule has 37 heavy (non-hydrogen) atoms. The number of aryl methyl sites for hydroxylation is 1. The van der Waals surface area contributed by atoms with Crippen LogP contribution in [0.5, 0.6) is 5.75 Å². The van der Waals surface area contributed by atoms with Crippen LogP contribution in [0, 0.1) is 6.92 Å². The van der Waals surface area contributed by atoms with Crippen molar-refractivity contribution in [2.45, 2.75) is 13.3 Å². The van der Waals surface area contributed by atoms with Gasteiger partial charge in [-0.1, -0.05) is 66.2 Å². The molecule has 2 heterocycles. The number of fused-ring (bicyclic) bond motifs is 1. The molecular formula is C32H35N3O2. The molecule has 2 aromatic heterocycles. The van der Waals surface area contributed by atoms with Crippen molar-refractivity contribution in [1.82, 2.24) is 9.88 Å². The van der Waals surface area contributed by atoms with E-state index in [0.29, 0.717) is 12.3 Å². The van der Waals surface area contributed by atoms with E-state index in [1.165, 1.54) is 11.1 Å². The first-order valence-corrected chi connectivity index (χ1v) is 12.6. The van der Waals surface area contributed by atoms with Gasteiger partial charge in [0.05, 0.1) is 5.39 Å². The fourth-order valence-electron chi connectivity index (χ4n) is 3.78. The van der Waals surface area contributed by atoms with Crippen LogP contribution in [0.3, 0.4) is 0 Å². The molecule has 5 rings (SSSR count). The number of hydrogen-bond donors (Lipinski definition) is 1. The number of likely N-dealkylation sites (N-methyl/N-ethyl adjacent to an activating group) is 1. The molecular weight excluding hydrogens is 458 g/mol. The summed E-state index contributed by atoms with van der Waals surface area (Å²) in [5.41, 5.74) is 5.29. The molecule has 5 nitrogen and oxygen atoms in total. The zero-order chi connectivity index (χ0) is 25.9. The molecule has 5 heteroatoms. The summed E-state index contributed by atoms with van der Waals surface area (Å²) in [6.45, 7) is 4.51. The van der Waals surface area contributed by atoms with Gasteiger partial charge in [-0.2, -0.15) is 0 Å². The summed E-state index contributed by atoms with van der Waals surface area (Å²) in [7, 11) is 4.07. The third-order valence-corrected chi connectivity index (χ3v) is 5.90. The highest BCUT2D eigenvalue weighted by Crippen LogP contribution is 2.31. The van der Waals surface area contributed by atoms with Gasteiger partial charge >= 0.3 is 0 Å². The van der Waals surface area contributed by atoms with Crippen molar-refractivity contribution in [3.63, 3.8) is 0 Å². The fraction of sp³-hybridized carbons (Fsp3) is 0.219. The minimum Gasteiger partial charge on any atom is -0.492 e. The Bertz CT molecular complexity index is 1320. The Balaban J connectivity index is 0.000000469. The fourth-order valence-corrected chi connectivity index (χ4v) is 3.78. The van der Waals surface area contributed by atoms with Gasteiger partial charge in [0, 0.05) is 30.5 Å². The molecule has 0 spiro atoms. The van der Waals surface area contributed by atoms with E-state index in [1.54, 1.807) is 6.20 Å². The topological polar surface area (TPSA) is 50.5 Å². The number of rotatable bonds is 9. The number of nitrogens with zero attached hydrogens (tertiary/aromatic N) is 2. The highest BCUT2D eigenvalue weighted by Gasteiger charge is 2.11. The summed E-state index contributed by atoms with van der Waals surface area (Å²) in [6, 6.07) is 32.7. The van der Waals surface area contributed by atoms with E-state index in [4.69, 9.17) is 9.15 Å². The summed E-state index contributed by atoms with van der Waals surface area (Å²) in [5.74, 6) is 1.66. The maximum absolute atomic E-state index is 6.03. The number of pyridine rings is 1. The van der Waals surface area contributed by atoms with Gasteiger partial charge in [-0.3, -0.25) is 0 Å². The molecule has 0 fully saturated rings. The lowest BCUT2D eigenvalue weighted by Crippen LogP contribution is -2.19. The van der Waals surface area contributed by atoms with E-state index < -0.39 is 0 Å². The number of nitrogens with one attached hydrogen (secondary N) is 1. The molecule has 190 valence electrons. The Morgan fingerprint density at radius 3 is 2.19 bits per heavy atom. The number of hydrogen-bond acceptors (Lipinski definition) is 5. The number of anilines is 1. The van der Waals surface area contributed by atoms with Gasteiger partial charge in [0.2, 0.25) is 5.71 Å². The van der Waals surface area contributed by atoms with E-state index in [-0.39, 0.29) is 0 Å². The summed E-state index contributed by atoms with van der Waals surface area (Å²) in [6.07, 6.45) is 2.75. The molecule has 0 saturated carbocycles. The molecule has 1 N–H and O–H groups in total. The van der Waals surface area contributed by atoms with E-state index in [2.05, 4.69) is 52.5 Å². The van der Waals surface area contributed by atoms with Crippen molar-refractivity contribution in [1.29, 1.82) is 0 Å². The third kappa shape index (κ3) is 7.95. The van der Waals surface area contributed by atoms with Crippen LogP contribution in [0.25, 0.3) is 22.4 Å². The molecule has 0 aliphatic heterocycles. The molecule has 3 aromatic carbocycles. The van der Waals surface area contributed by atoms with Crippen LogP contribution in [-0.4, -0.2) is 43.7 Å². The summed E-state index contributed by atoms with van der Waals surface area (Å²) in [5, 5.41) is 4.53. The second-order valence-corrected chi connectivity index (χ2v) is 9.18. The zero-order valence-corrected chi connectivity index (χ0v) is 21.9. The van der Waals surface area contributed by atoms with Gasteiger partial charge in [0.25, 0.3) is 0 Å². The summed E-state index contributed by atoms with van der Waals surface area (Å²) < 4.78 is 11.8. The molecule has 0 saturated heterocycles. The molecule has 0 radical (unpaired) electrons. The van der Waals surface area contributed by atoms with Crippen LogP contribution >= 0.6 is 0 Å². The molecule has 5 aromatic rings. The predicted octanol–water partition coefficient (Wildman–Crippen LogP) is 7.08. The second-order valence-electron chi connectivity index (χ2n) is 9.18. The minimum absolute atomic E-state index is 0.640. The van der Waals surface area contributed by atoms with Gasteiger partial charge < -0.3 is 19.4 Å². The van der Waals surface area contributed by atoms with Crippen LogP contribution in [0.15, 0.2) is 108 Å². The molecule has 0 atom stereocenters. The molecule has 0 aliphatic carbocycles. The van der Waals surface area contributed by atoms with Crippen molar-refractivity contribution in [2.75, 3.05) is 39.1 Å². The van der Waals surface area contributed by atoms with Gasteiger partial charge in [-0.15, -0.1) is 0 Å². The SMILES string of the molecule is Cc1ccc(CCNc2ccnc3oc(-c4ccc(OCCN(C)C)cc4)cc23)cc1.c1ccccc1. The summed E-state index contributed by atoms with van der Waals surface area (Å²) >= 11 is 0. The Hall–Kier alpha value is -4.09. The standard InChI is InChI=1S/C26H29N3O2.C6H6/c1-19-4-6-20(7-5-19)12-14-27-24-13-15-28-26-23(24)18-25(31-26)21-8-10-22(11-9-21)30-17-16-29(2)3;1-2-4-6-5-3-1/h4-11,13,15,18H,12,14,16-17H2,1-3H3,(H,27,28);1-6H. The quantitative estimate of drug-likeness (QED) is 0.238. The first kappa shape index (κ1) is 26.0. The maximum atomic E-state index is 6.03. The average Bonchev–Trinajstić information content (AvgIpc) is 3.37. The van der Waals surface area contributed by atoms with Gasteiger partial charge in [0.15, 0.2) is 0 Å². The van der Waals surface area contributed by atoms with E-state index in [0.717, 1.165) is 47.7 Å². The number of benzene rings is 3. The highest BCUT2D eigenvalue weighted by molar-refractivity contribution is 5.91. The van der Waals surface area contributed by atoms with Crippen molar-refractivity contribution < 1.29 is 9.15 Å². The lowest BCUT2D eigenvalue weighted by molar-refractivity contribution is 0.261. The first-order chi connectivity index (χ1) is 18.1. The number of furan rings is 1. The number of aromatic nitrogens is 1. The van der Waals surface area contributed by atoms with Crippen LogP contribution < -0.4 is 10.1 Å². The second kappa shape index (κ2) is 13.3. The lowest BCUT2D eigenvalue weighted by Gasteiger charge is -2.11. The predicted molar refractivity (Wildman–Crippen MR) is 153 cm³/mol. The molecule has 0 amide bonds. The van der Waals surface area contributed by atoms with E-state index >= 15 is 0 Å². The Kier molecular flexibility index (Phi) is 9.33. The van der Waals surface area contributed by atoms with Crippen LogP contribution in [-0.2, 0) is 6.42 Å². The zero-order valence-electron chi connectivity index (χ0n) is 21.9. The maximum Gasteiger partial charge on any atom is 0.228 e. The monoisotopic (exact) mass is 493 g/mol. The minimum atomic E-state index is 0.640. The Labute approximate surface area is 219 Å². The Morgan fingerprint density at radius 2 is 1.54 bits per heavy atom. The van der Waals surface area contributed by atoms with Crippen LogP contribution in [0.2, 0.25) is 0 Å². The molecule has 0 unspecified atom stereocenters. The normalized spacial score (nSPS) is 10.7. The largest absolute Gasteiger partial charge is 0.492 e. The first-order valence-electron chi connectivity index (χ1n) is 12.6. The lowest BCUT2D eigenvalue weighted by atomic mass is 10.1. The van der Waals surface area contributed by atoms with Gasteiger partial charge in [-0.25, -0.2) is 4.98 Å². The van der Waals surface area contributed by atoms with Gasteiger partial charge in [0.1, 0.15) is 18.1 Å². The highest BCUT2D eigenvalue weighted by atomic mass is 16.5. The smallest absolute Gasteiger partial charge is 0.228 e.